The van der Waals surface area contributed by atoms with Gasteiger partial charge in [-0.25, -0.2) is 4.39 Å². The minimum Gasteiger partial charge on any atom is -0.347 e. The molecule has 130 valence electrons. The maximum atomic E-state index is 13.7. The van der Waals surface area contributed by atoms with Gasteiger partial charge in [0.1, 0.15) is 17.6 Å². The van der Waals surface area contributed by atoms with Crippen molar-refractivity contribution < 1.29 is 18.8 Å². The quantitative estimate of drug-likeness (QED) is 0.846. The van der Waals surface area contributed by atoms with E-state index in [0.29, 0.717) is 5.56 Å². The fourth-order valence-electron chi connectivity index (χ4n) is 2.32. The lowest BCUT2D eigenvalue weighted by molar-refractivity contribution is -0.125. The molecule has 0 saturated heterocycles. The monoisotopic (exact) mass is 342 g/mol. The van der Waals surface area contributed by atoms with Crippen LogP contribution < -0.4 is 10.6 Å². The molecule has 1 atom stereocenters. The van der Waals surface area contributed by atoms with Crippen molar-refractivity contribution in [2.75, 3.05) is 6.54 Å². The molecule has 0 aliphatic rings. The lowest BCUT2D eigenvalue weighted by Crippen LogP contribution is -2.42. The van der Waals surface area contributed by atoms with Gasteiger partial charge in [0.05, 0.1) is 6.54 Å². The molecule has 2 rings (SSSR count). The Labute approximate surface area is 145 Å². The first-order valence-corrected chi connectivity index (χ1v) is 7.78. The average molecular weight is 342 g/mol. The lowest BCUT2D eigenvalue weighted by atomic mass is 10.0. The number of carbonyl (C=O) groups is 3. The summed E-state index contributed by atoms with van der Waals surface area (Å²) in [5.74, 6) is -1.77. The molecule has 1 unspecified atom stereocenters. The van der Waals surface area contributed by atoms with Crippen LogP contribution in [0.5, 0.6) is 0 Å². The van der Waals surface area contributed by atoms with Crippen LogP contribution in [0.15, 0.2) is 48.5 Å². The highest BCUT2D eigenvalue weighted by Crippen LogP contribution is 2.16. The molecule has 2 amide bonds. The summed E-state index contributed by atoms with van der Waals surface area (Å²) >= 11 is 0. The molecule has 0 spiro atoms. The van der Waals surface area contributed by atoms with E-state index in [2.05, 4.69) is 10.6 Å². The Morgan fingerprint density at radius 1 is 1.04 bits per heavy atom. The minimum absolute atomic E-state index is 0.128. The lowest BCUT2D eigenvalue weighted by Gasteiger charge is -2.19. The number of hydrogen-bond donors (Lipinski definition) is 2. The number of carbonyl (C=O) groups excluding carboxylic acids is 3. The first-order chi connectivity index (χ1) is 11.9. The molecule has 0 bridgehead atoms. The highest BCUT2D eigenvalue weighted by molar-refractivity contribution is 5.99. The second-order valence-corrected chi connectivity index (χ2v) is 5.65. The fraction of sp³-hybridized carbons (Fsp3) is 0.211. The normalized spacial score (nSPS) is 11.5. The third-order valence-corrected chi connectivity index (χ3v) is 3.69. The molecule has 25 heavy (non-hydrogen) atoms. The van der Waals surface area contributed by atoms with Gasteiger partial charge in [-0.15, -0.1) is 0 Å². The third-order valence-electron chi connectivity index (χ3n) is 3.69. The molecular formula is C19H19FN2O3. The number of benzene rings is 2. The summed E-state index contributed by atoms with van der Waals surface area (Å²) in [7, 11) is 0. The van der Waals surface area contributed by atoms with Gasteiger partial charge >= 0.3 is 0 Å². The molecule has 0 radical (unpaired) electrons. The van der Waals surface area contributed by atoms with Crippen LogP contribution in [0.1, 0.15) is 34.5 Å². The van der Waals surface area contributed by atoms with Gasteiger partial charge in [0.25, 0.3) is 5.91 Å². The zero-order chi connectivity index (χ0) is 18.4. The third kappa shape index (κ3) is 4.73. The van der Waals surface area contributed by atoms with Crippen LogP contribution >= 0.6 is 0 Å². The van der Waals surface area contributed by atoms with E-state index in [-0.39, 0.29) is 23.5 Å². The van der Waals surface area contributed by atoms with Gasteiger partial charge in [-0.3, -0.25) is 14.4 Å². The van der Waals surface area contributed by atoms with Crippen molar-refractivity contribution >= 4 is 17.6 Å². The smallest absolute Gasteiger partial charge is 0.252 e. The maximum Gasteiger partial charge on any atom is 0.252 e. The molecule has 0 aliphatic heterocycles. The number of halogens is 1. The number of nitrogens with one attached hydrogen (secondary N) is 2. The van der Waals surface area contributed by atoms with Crippen molar-refractivity contribution in [3.05, 3.63) is 71.0 Å². The summed E-state index contributed by atoms with van der Waals surface area (Å²) in [6.07, 6.45) is 0. The largest absolute Gasteiger partial charge is 0.347 e. The van der Waals surface area contributed by atoms with Crippen molar-refractivity contribution in [3.63, 3.8) is 0 Å². The van der Waals surface area contributed by atoms with Crippen molar-refractivity contribution in [3.8, 4) is 0 Å². The SMILES string of the molecule is CC(=O)CNC(=O)C(NC(=O)c1cccc(F)c1C)c1ccccc1. The van der Waals surface area contributed by atoms with E-state index in [1.54, 1.807) is 30.3 Å². The van der Waals surface area contributed by atoms with Crippen LogP contribution in [0.2, 0.25) is 0 Å². The molecule has 2 aromatic rings. The summed E-state index contributed by atoms with van der Waals surface area (Å²) in [5, 5.41) is 5.10. The minimum atomic E-state index is -0.990. The molecule has 5 nitrogen and oxygen atoms in total. The maximum absolute atomic E-state index is 13.7. The molecule has 0 saturated carbocycles. The predicted molar refractivity (Wildman–Crippen MR) is 91.5 cm³/mol. The van der Waals surface area contributed by atoms with Gasteiger partial charge in [-0.2, -0.15) is 0 Å². The number of rotatable bonds is 6. The molecule has 0 aliphatic carbocycles. The highest BCUT2D eigenvalue weighted by atomic mass is 19.1. The van der Waals surface area contributed by atoms with E-state index >= 15 is 0 Å². The Morgan fingerprint density at radius 2 is 1.72 bits per heavy atom. The van der Waals surface area contributed by atoms with E-state index in [1.807, 2.05) is 0 Å². The summed E-state index contributed by atoms with van der Waals surface area (Å²) in [6, 6.07) is 11.8. The predicted octanol–water partition coefficient (Wildman–Crippen LogP) is 2.31. The van der Waals surface area contributed by atoms with E-state index in [1.165, 1.54) is 32.0 Å². The van der Waals surface area contributed by atoms with Crippen molar-refractivity contribution in [1.29, 1.82) is 0 Å². The van der Waals surface area contributed by atoms with Gasteiger partial charge in [0.2, 0.25) is 5.91 Å². The van der Waals surface area contributed by atoms with E-state index in [4.69, 9.17) is 0 Å². The Bertz CT molecular complexity index is 791. The molecule has 2 N–H and O–H groups in total. The van der Waals surface area contributed by atoms with Crippen LogP contribution in [0.3, 0.4) is 0 Å². The number of ketones is 1. The van der Waals surface area contributed by atoms with Gasteiger partial charge in [-0.05, 0) is 37.1 Å². The van der Waals surface area contributed by atoms with E-state index in [9.17, 15) is 18.8 Å². The first-order valence-electron chi connectivity index (χ1n) is 7.78. The van der Waals surface area contributed by atoms with Gasteiger partial charge in [-0.1, -0.05) is 36.4 Å². The van der Waals surface area contributed by atoms with Crippen molar-refractivity contribution in [2.24, 2.45) is 0 Å². The zero-order valence-electron chi connectivity index (χ0n) is 14.0. The fourth-order valence-corrected chi connectivity index (χ4v) is 2.32. The Morgan fingerprint density at radius 3 is 2.36 bits per heavy atom. The second kappa shape index (κ2) is 8.19. The molecule has 2 aromatic carbocycles. The molecule has 0 fully saturated rings. The van der Waals surface area contributed by atoms with Crippen LogP contribution in [-0.2, 0) is 9.59 Å². The zero-order valence-corrected chi connectivity index (χ0v) is 14.0. The average Bonchev–Trinajstić information content (AvgIpc) is 2.60. The topological polar surface area (TPSA) is 75.3 Å². The van der Waals surface area contributed by atoms with Crippen LogP contribution in [0.4, 0.5) is 4.39 Å². The second-order valence-electron chi connectivity index (χ2n) is 5.65. The van der Waals surface area contributed by atoms with Crippen LogP contribution in [0.25, 0.3) is 0 Å². The van der Waals surface area contributed by atoms with Gasteiger partial charge in [0.15, 0.2) is 0 Å². The molecular weight excluding hydrogens is 323 g/mol. The molecule has 0 aromatic heterocycles. The van der Waals surface area contributed by atoms with E-state index in [0.717, 1.165) is 0 Å². The number of hydrogen-bond acceptors (Lipinski definition) is 3. The highest BCUT2D eigenvalue weighted by Gasteiger charge is 2.24. The van der Waals surface area contributed by atoms with Crippen LogP contribution in [0, 0.1) is 12.7 Å². The van der Waals surface area contributed by atoms with Gasteiger partial charge in [0, 0.05) is 5.56 Å². The number of amides is 2. The molecule has 0 heterocycles. The Kier molecular flexibility index (Phi) is 6.00. The Balaban J connectivity index is 2.26. The summed E-state index contributed by atoms with van der Waals surface area (Å²) in [4.78, 5) is 36.0. The van der Waals surface area contributed by atoms with E-state index < -0.39 is 23.7 Å². The number of Topliss-reactive ketones (excluding diaryl/α,β-unsaturated/α-hetero) is 1. The van der Waals surface area contributed by atoms with Crippen LogP contribution in [-0.4, -0.2) is 24.1 Å². The van der Waals surface area contributed by atoms with Crippen molar-refractivity contribution in [1.82, 2.24) is 10.6 Å². The molecule has 6 heteroatoms. The summed E-state index contributed by atoms with van der Waals surface area (Å²) < 4.78 is 13.7. The standard InChI is InChI=1S/C19H19FN2O3/c1-12(23)11-21-19(25)17(14-7-4-3-5-8-14)22-18(24)15-9-6-10-16(20)13(15)2/h3-10,17H,11H2,1-2H3,(H,21,25)(H,22,24). The summed E-state index contributed by atoms with van der Waals surface area (Å²) in [5.41, 5.74) is 0.919. The Hall–Kier alpha value is -3.02. The summed E-state index contributed by atoms with van der Waals surface area (Å²) in [6.45, 7) is 2.72. The van der Waals surface area contributed by atoms with Crippen molar-refractivity contribution in [2.45, 2.75) is 19.9 Å². The van der Waals surface area contributed by atoms with Gasteiger partial charge < -0.3 is 10.6 Å². The first kappa shape index (κ1) is 18.3.